The Morgan fingerprint density at radius 1 is 1.20 bits per heavy atom. The van der Waals surface area contributed by atoms with Crippen molar-refractivity contribution in [1.82, 2.24) is 0 Å². The highest BCUT2D eigenvalue weighted by atomic mass is 16.5. The SMILES string of the molecule is COc1ccc(O)c(C(CC[C]=O)c2ccccc2)c1. The minimum Gasteiger partial charge on any atom is -0.508 e. The Labute approximate surface area is 118 Å². The van der Waals surface area contributed by atoms with Gasteiger partial charge in [0.05, 0.1) is 7.11 Å². The van der Waals surface area contributed by atoms with Crippen LogP contribution < -0.4 is 4.74 Å². The summed E-state index contributed by atoms with van der Waals surface area (Å²) < 4.78 is 5.21. The van der Waals surface area contributed by atoms with Crippen LogP contribution in [-0.4, -0.2) is 18.5 Å². The molecule has 103 valence electrons. The van der Waals surface area contributed by atoms with Gasteiger partial charge in [-0.1, -0.05) is 30.3 Å². The van der Waals surface area contributed by atoms with E-state index in [0.717, 1.165) is 11.1 Å². The number of hydrogen-bond donors (Lipinski definition) is 1. The van der Waals surface area contributed by atoms with Gasteiger partial charge in [-0.05, 0) is 30.2 Å². The zero-order valence-electron chi connectivity index (χ0n) is 11.4. The van der Waals surface area contributed by atoms with Crippen molar-refractivity contribution in [3.63, 3.8) is 0 Å². The molecular weight excluding hydrogens is 252 g/mol. The van der Waals surface area contributed by atoms with E-state index in [-0.39, 0.29) is 11.7 Å². The molecular formula is C17H17O3. The molecule has 0 saturated heterocycles. The van der Waals surface area contributed by atoms with Crippen molar-refractivity contribution < 1.29 is 14.6 Å². The fraction of sp³-hybridized carbons (Fsp3) is 0.235. The van der Waals surface area contributed by atoms with E-state index >= 15 is 0 Å². The maximum absolute atomic E-state index is 10.6. The molecule has 1 radical (unpaired) electrons. The summed E-state index contributed by atoms with van der Waals surface area (Å²) >= 11 is 0. The van der Waals surface area contributed by atoms with Gasteiger partial charge in [-0.3, -0.25) is 4.79 Å². The lowest BCUT2D eigenvalue weighted by molar-refractivity contribution is 0.409. The lowest BCUT2D eigenvalue weighted by Gasteiger charge is -2.19. The standard InChI is InChI=1S/C17H17O3/c1-20-14-9-10-17(19)16(12-14)15(8-5-11-18)13-6-3-2-4-7-13/h2-4,6-7,9-10,12,15,19H,5,8H2,1H3. The van der Waals surface area contributed by atoms with Gasteiger partial charge in [0, 0.05) is 17.9 Å². The number of rotatable bonds is 6. The van der Waals surface area contributed by atoms with Gasteiger partial charge in [-0.2, -0.15) is 0 Å². The molecule has 0 aliphatic heterocycles. The van der Waals surface area contributed by atoms with Gasteiger partial charge in [-0.15, -0.1) is 0 Å². The summed E-state index contributed by atoms with van der Waals surface area (Å²) in [4.78, 5) is 10.6. The van der Waals surface area contributed by atoms with Crippen LogP contribution in [0.1, 0.15) is 29.9 Å². The van der Waals surface area contributed by atoms with Crippen molar-refractivity contribution in [2.45, 2.75) is 18.8 Å². The van der Waals surface area contributed by atoms with Crippen LogP contribution in [0, 0.1) is 0 Å². The second kappa shape index (κ2) is 6.75. The number of aromatic hydroxyl groups is 1. The zero-order valence-corrected chi connectivity index (χ0v) is 11.4. The Kier molecular flexibility index (Phi) is 4.77. The lowest BCUT2D eigenvalue weighted by Crippen LogP contribution is -2.02. The number of benzene rings is 2. The average molecular weight is 269 g/mol. The van der Waals surface area contributed by atoms with Crippen molar-refractivity contribution in [3.8, 4) is 11.5 Å². The molecule has 0 spiro atoms. The van der Waals surface area contributed by atoms with Crippen LogP contribution in [0.2, 0.25) is 0 Å². The summed E-state index contributed by atoms with van der Waals surface area (Å²) in [7, 11) is 1.59. The second-order valence-electron chi connectivity index (χ2n) is 4.57. The van der Waals surface area contributed by atoms with Gasteiger partial charge < -0.3 is 9.84 Å². The van der Waals surface area contributed by atoms with Gasteiger partial charge in [0.25, 0.3) is 0 Å². The van der Waals surface area contributed by atoms with Gasteiger partial charge >= 0.3 is 0 Å². The third-order valence-electron chi connectivity index (χ3n) is 3.35. The summed E-state index contributed by atoms with van der Waals surface area (Å²) in [6.45, 7) is 0. The van der Waals surface area contributed by atoms with E-state index < -0.39 is 0 Å². The third kappa shape index (κ3) is 3.18. The molecule has 2 aromatic carbocycles. The van der Waals surface area contributed by atoms with Crippen LogP contribution in [0.3, 0.4) is 0 Å². The minimum absolute atomic E-state index is 0.0484. The van der Waals surface area contributed by atoms with E-state index in [2.05, 4.69) is 0 Å². The number of ether oxygens (including phenoxy) is 1. The lowest BCUT2D eigenvalue weighted by atomic mass is 9.87. The normalized spacial score (nSPS) is 11.8. The smallest absolute Gasteiger partial charge is 0.198 e. The highest BCUT2D eigenvalue weighted by Crippen LogP contribution is 2.36. The number of methoxy groups -OCH3 is 1. The van der Waals surface area contributed by atoms with Crippen molar-refractivity contribution >= 4 is 6.29 Å². The summed E-state index contributed by atoms with van der Waals surface area (Å²) in [6, 6.07) is 15.0. The molecule has 0 aromatic heterocycles. The van der Waals surface area contributed by atoms with E-state index in [1.54, 1.807) is 19.2 Å². The highest BCUT2D eigenvalue weighted by molar-refractivity contribution is 5.52. The fourth-order valence-corrected chi connectivity index (χ4v) is 2.33. The topological polar surface area (TPSA) is 46.5 Å². The quantitative estimate of drug-likeness (QED) is 0.874. The Balaban J connectivity index is 2.43. The minimum atomic E-state index is -0.0484. The van der Waals surface area contributed by atoms with Crippen LogP contribution in [0.15, 0.2) is 48.5 Å². The number of carbonyl (C=O) groups excluding carboxylic acids is 1. The summed E-state index contributed by atoms with van der Waals surface area (Å²) in [6.07, 6.45) is 2.86. The molecule has 3 heteroatoms. The van der Waals surface area contributed by atoms with Gasteiger partial charge in [-0.25, -0.2) is 0 Å². The first-order valence-electron chi connectivity index (χ1n) is 6.53. The molecule has 0 amide bonds. The molecule has 0 aliphatic rings. The predicted molar refractivity (Wildman–Crippen MR) is 77.9 cm³/mol. The monoisotopic (exact) mass is 269 g/mol. The zero-order chi connectivity index (χ0) is 14.4. The predicted octanol–water partition coefficient (Wildman–Crippen LogP) is 3.42. The van der Waals surface area contributed by atoms with E-state index in [9.17, 15) is 9.90 Å². The molecule has 1 N–H and O–H groups in total. The van der Waals surface area contributed by atoms with Crippen molar-refractivity contribution in [1.29, 1.82) is 0 Å². The molecule has 0 heterocycles. The Morgan fingerprint density at radius 2 is 1.95 bits per heavy atom. The molecule has 2 rings (SSSR count). The summed E-state index contributed by atoms with van der Waals surface area (Å²) in [5.41, 5.74) is 1.83. The first kappa shape index (κ1) is 14.1. The third-order valence-corrected chi connectivity index (χ3v) is 3.35. The van der Waals surface area contributed by atoms with Crippen LogP contribution >= 0.6 is 0 Å². The van der Waals surface area contributed by atoms with E-state index in [4.69, 9.17) is 4.74 Å². The molecule has 0 saturated carbocycles. The summed E-state index contributed by atoms with van der Waals surface area (Å²) in [5, 5.41) is 10.1. The first-order valence-corrected chi connectivity index (χ1v) is 6.53. The van der Waals surface area contributed by atoms with E-state index in [1.807, 2.05) is 42.7 Å². The number of phenols is 1. The van der Waals surface area contributed by atoms with Crippen molar-refractivity contribution in [2.24, 2.45) is 0 Å². The average Bonchev–Trinajstić information content (AvgIpc) is 2.50. The molecule has 0 aliphatic carbocycles. The van der Waals surface area contributed by atoms with Crippen molar-refractivity contribution in [2.75, 3.05) is 7.11 Å². The Morgan fingerprint density at radius 3 is 2.60 bits per heavy atom. The van der Waals surface area contributed by atoms with Gasteiger partial charge in [0.1, 0.15) is 11.5 Å². The van der Waals surface area contributed by atoms with Crippen LogP contribution in [0.5, 0.6) is 11.5 Å². The molecule has 0 bridgehead atoms. The fourth-order valence-electron chi connectivity index (χ4n) is 2.33. The van der Waals surface area contributed by atoms with Crippen LogP contribution in [-0.2, 0) is 4.79 Å². The molecule has 20 heavy (non-hydrogen) atoms. The van der Waals surface area contributed by atoms with Crippen molar-refractivity contribution in [3.05, 3.63) is 59.7 Å². The number of phenolic OH excluding ortho intramolecular Hbond substituents is 1. The van der Waals surface area contributed by atoms with E-state index in [1.165, 1.54) is 0 Å². The molecule has 1 atom stereocenters. The number of hydrogen-bond acceptors (Lipinski definition) is 3. The second-order valence-corrected chi connectivity index (χ2v) is 4.57. The maximum Gasteiger partial charge on any atom is 0.198 e. The summed E-state index contributed by atoms with van der Waals surface area (Å²) in [5.74, 6) is 0.854. The molecule has 1 unspecified atom stereocenters. The van der Waals surface area contributed by atoms with Crippen LogP contribution in [0.25, 0.3) is 0 Å². The molecule has 2 aromatic rings. The first-order chi connectivity index (χ1) is 9.76. The van der Waals surface area contributed by atoms with Gasteiger partial charge in [0.15, 0.2) is 6.29 Å². The molecule has 0 fully saturated rings. The maximum atomic E-state index is 10.6. The molecule has 3 nitrogen and oxygen atoms in total. The highest BCUT2D eigenvalue weighted by Gasteiger charge is 2.18. The Bertz CT molecular complexity index is 564. The van der Waals surface area contributed by atoms with Gasteiger partial charge in [0.2, 0.25) is 0 Å². The Hall–Kier alpha value is -2.29. The van der Waals surface area contributed by atoms with Crippen LogP contribution in [0.4, 0.5) is 0 Å². The van der Waals surface area contributed by atoms with E-state index in [0.29, 0.717) is 18.6 Å². The largest absolute Gasteiger partial charge is 0.508 e.